The van der Waals surface area contributed by atoms with Crippen molar-refractivity contribution in [3.63, 3.8) is 0 Å². The normalized spacial score (nSPS) is 16.1. The Labute approximate surface area is 78.1 Å². The van der Waals surface area contributed by atoms with Crippen LogP contribution >= 0.6 is 0 Å². The highest BCUT2D eigenvalue weighted by molar-refractivity contribution is 4.79. The molecule has 0 aliphatic carbocycles. The van der Waals surface area contributed by atoms with Crippen LogP contribution in [0.1, 0.15) is 47.0 Å². The van der Waals surface area contributed by atoms with Crippen molar-refractivity contribution in [1.29, 1.82) is 0 Å². The maximum absolute atomic E-state index is 3.82. The van der Waals surface area contributed by atoms with Crippen LogP contribution in [0.25, 0.3) is 0 Å². The maximum Gasteiger partial charge on any atom is -0.0239 e. The zero-order valence-corrected chi connectivity index (χ0v) is 9.14. The summed E-state index contributed by atoms with van der Waals surface area (Å²) in [5, 5.41) is 0. The monoisotopic (exact) mass is 168 g/mol. The van der Waals surface area contributed by atoms with E-state index in [1.807, 2.05) is 0 Å². The summed E-state index contributed by atoms with van der Waals surface area (Å²) in [5.74, 6) is 2.34. The van der Waals surface area contributed by atoms with Crippen LogP contribution in [0.2, 0.25) is 0 Å². The molecule has 72 valence electrons. The first kappa shape index (κ1) is 11.7. The van der Waals surface area contributed by atoms with E-state index in [9.17, 15) is 0 Å². The highest BCUT2D eigenvalue weighted by atomic mass is 14.1. The lowest BCUT2D eigenvalue weighted by Gasteiger charge is -2.16. The van der Waals surface area contributed by atoms with Gasteiger partial charge in [-0.25, -0.2) is 0 Å². The zero-order valence-electron chi connectivity index (χ0n) is 9.14. The summed E-state index contributed by atoms with van der Waals surface area (Å²) in [7, 11) is 0. The van der Waals surface area contributed by atoms with Crippen molar-refractivity contribution in [1.82, 2.24) is 0 Å². The summed E-state index contributed by atoms with van der Waals surface area (Å²) in [5.41, 5.74) is 0. The van der Waals surface area contributed by atoms with Crippen LogP contribution in [0.15, 0.2) is 12.7 Å². The lowest BCUT2D eigenvalue weighted by atomic mass is 9.90. The standard InChI is InChI=1S/C12H24/c1-6-11(4)12(5)9-7-8-10(2)3/h6,10-12H,1,7-9H2,2-5H3. The van der Waals surface area contributed by atoms with Crippen molar-refractivity contribution < 1.29 is 0 Å². The molecule has 0 heterocycles. The van der Waals surface area contributed by atoms with Gasteiger partial charge < -0.3 is 0 Å². The zero-order chi connectivity index (χ0) is 9.56. The third kappa shape index (κ3) is 5.40. The molecule has 2 unspecified atom stereocenters. The van der Waals surface area contributed by atoms with Crippen molar-refractivity contribution in [2.75, 3.05) is 0 Å². The molecule has 2 atom stereocenters. The quantitative estimate of drug-likeness (QED) is 0.519. The fourth-order valence-corrected chi connectivity index (χ4v) is 1.34. The highest BCUT2D eigenvalue weighted by Crippen LogP contribution is 2.19. The number of hydrogen-bond acceptors (Lipinski definition) is 0. The Bertz CT molecular complexity index is 113. The van der Waals surface area contributed by atoms with E-state index in [-0.39, 0.29) is 0 Å². The minimum Gasteiger partial charge on any atom is -0.103 e. The average molecular weight is 168 g/mol. The van der Waals surface area contributed by atoms with Gasteiger partial charge in [0, 0.05) is 0 Å². The lowest BCUT2D eigenvalue weighted by Crippen LogP contribution is -2.05. The van der Waals surface area contributed by atoms with Crippen LogP contribution in [-0.2, 0) is 0 Å². The Balaban J connectivity index is 3.43. The van der Waals surface area contributed by atoms with Gasteiger partial charge in [0.15, 0.2) is 0 Å². The van der Waals surface area contributed by atoms with Crippen LogP contribution in [0.5, 0.6) is 0 Å². The molecule has 0 aromatic heterocycles. The van der Waals surface area contributed by atoms with Gasteiger partial charge in [0.25, 0.3) is 0 Å². The first-order valence-corrected chi connectivity index (χ1v) is 5.20. The molecule has 0 nitrogen and oxygen atoms in total. The van der Waals surface area contributed by atoms with E-state index in [2.05, 4.69) is 40.3 Å². The minimum atomic E-state index is 0.678. The van der Waals surface area contributed by atoms with Gasteiger partial charge >= 0.3 is 0 Å². The minimum absolute atomic E-state index is 0.678. The summed E-state index contributed by atoms with van der Waals surface area (Å²) in [6, 6.07) is 0. The van der Waals surface area contributed by atoms with Gasteiger partial charge in [-0.3, -0.25) is 0 Å². The molecule has 0 N–H and O–H groups in total. The van der Waals surface area contributed by atoms with E-state index in [0.717, 1.165) is 11.8 Å². The van der Waals surface area contributed by atoms with Crippen LogP contribution < -0.4 is 0 Å². The SMILES string of the molecule is C=CC(C)C(C)CCCC(C)C. The Kier molecular flexibility index (Phi) is 6.14. The fourth-order valence-electron chi connectivity index (χ4n) is 1.34. The van der Waals surface area contributed by atoms with E-state index in [1.165, 1.54) is 19.3 Å². The Morgan fingerprint density at radius 2 is 1.67 bits per heavy atom. The second-order valence-corrected chi connectivity index (χ2v) is 4.40. The Hall–Kier alpha value is -0.260. The second kappa shape index (κ2) is 6.28. The predicted octanol–water partition coefficient (Wildman–Crippen LogP) is 4.27. The van der Waals surface area contributed by atoms with Crippen molar-refractivity contribution in [2.24, 2.45) is 17.8 Å². The molecule has 0 amide bonds. The first-order valence-electron chi connectivity index (χ1n) is 5.20. The molecule has 0 spiro atoms. The van der Waals surface area contributed by atoms with Crippen molar-refractivity contribution in [3.05, 3.63) is 12.7 Å². The summed E-state index contributed by atoms with van der Waals surface area (Å²) < 4.78 is 0. The second-order valence-electron chi connectivity index (χ2n) is 4.40. The van der Waals surface area contributed by atoms with Crippen molar-refractivity contribution >= 4 is 0 Å². The summed E-state index contributed by atoms with van der Waals surface area (Å²) >= 11 is 0. The van der Waals surface area contributed by atoms with Gasteiger partial charge in [0.1, 0.15) is 0 Å². The van der Waals surface area contributed by atoms with E-state index < -0.39 is 0 Å². The van der Waals surface area contributed by atoms with Gasteiger partial charge in [-0.1, -0.05) is 53.0 Å². The van der Waals surface area contributed by atoms with Crippen molar-refractivity contribution in [3.8, 4) is 0 Å². The first-order chi connectivity index (χ1) is 5.57. The third-order valence-electron chi connectivity index (χ3n) is 2.71. The van der Waals surface area contributed by atoms with Gasteiger partial charge in [-0.2, -0.15) is 0 Å². The third-order valence-corrected chi connectivity index (χ3v) is 2.71. The molecule has 0 radical (unpaired) electrons. The molecular formula is C12H24. The predicted molar refractivity (Wildman–Crippen MR) is 57.2 cm³/mol. The lowest BCUT2D eigenvalue weighted by molar-refractivity contribution is 0.393. The smallest absolute Gasteiger partial charge is 0.0239 e. The molecule has 0 rings (SSSR count). The molecule has 0 heteroatoms. The molecule has 0 aliphatic rings. The number of rotatable bonds is 6. The van der Waals surface area contributed by atoms with E-state index in [4.69, 9.17) is 0 Å². The van der Waals surface area contributed by atoms with Crippen LogP contribution in [0, 0.1) is 17.8 Å². The molecular weight excluding hydrogens is 144 g/mol. The van der Waals surface area contributed by atoms with Gasteiger partial charge in [-0.15, -0.1) is 6.58 Å². The van der Waals surface area contributed by atoms with Gasteiger partial charge in [-0.05, 0) is 17.8 Å². The molecule has 0 aliphatic heterocycles. The Morgan fingerprint density at radius 1 is 1.08 bits per heavy atom. The molecule has 0 aromatic carbocycles. The van der Waals surface area contributed by atoms with Crippen molar-refractivity contribution in [2.45, 2.75) is 47.0 Å². The summed E-state index contributed by atoms with van der Waals surface area (Å²) in [4.78, 5) is 0. The molecule has 0 bridgehead atoms. The van der Waals surface area contributed by atoms with Crippen LogP contribution in [-0.4, -0.2) is 0 Å². The van der Waals surface area contributed by atoms with Crippen LogP contribution in [0.3, 0.4) is 0 Å². The Morgan fingerprint density at radius 3 is 2.08 bits per heavy atom. The van der Waals surface area contributed by atoms with Gasteiger partial charge in [0.05, 0.1) is 0 Å². The van der Waals surface area contributed by atoms with Crippen LogP contribution in [0.4, 0.5) is 0 Å². The summed E-state index contributed by atoms with van der Waals surface area (Å²) in [6.45, 7) is 13.0. The summed E-state index contributed by atoms with van der Waals surface area (Å²) in [6.07, 6.45) is 6.16. The topological polar surface area (TPSA) is 0 Å². The molecule has 0 fully saturated rings. The molecule has 0 saturated carbocycles. The maximum atomic E-state index is 3.82. The highest BCUT2D eigenvalue weighted by Gasteiger charge is 2.07. The molecule has 0 aromatic rings. The molecule has 0 saturated heterocycles. The average Bonchev–Trinajstić information content (AvgIpc) is 2.02. The number of allylic oxidation sites excluding steroid dienone is 1. The van der Waals surface area contributed by atoms with E-state index in [1.54, 1.807) is 0 Å². The number of hydrogen-bond donors (Lipinski definition) is 0. The van der Waals surface area contributed by atoms with E-state index in [0.29, 0.717) is 5.92 Å². The van der Waals surface area contributed by atoms with Gasteiger partial charge in [0.2, 0.25) is 0 Å². The largest absolute Gasteiger partial charge is 0.103 e. The van der Waals surface area contributed by atoms with E-state index >= 15 is 0 Å². The fraction of sp³-hybridized carbons (Fsp3) is 0.833. The molecule has 12 heavy (non-hydrogen) atoms.